The second kappa shape index (κ2) is 12.9. The molecule has 1 aliphatic heterocycles. The molecule has 36 heavy (non-hydrogen) atoms. The third-order valence-corrected chi connectivity index (χ3v) is 4.96. The van der Waals surface area contributed by atoms with E-state index < -0.39 is 0 Å². The number of aromatic nitrogens is 4. The molecule has 0 atom stereocenters. The van der Waals surface area contributed by atoms with E-state index in [0.29, 0.717) is 26.4 Å². The van der Waals surface area contributed by atoms with Crippen LogP contribution in [0.1, 0.15) is 11.4 Å². The fourth-order valence-electron chi connectivity index (χ4n) is 3.32. The quantitative estimate of drug-likeness (QED) is 0.371. The molecule has 0 spiro atoms. The van der Waals surface area contributed by atoms with Gasteiger partial charge in [-0.25, -0.2) is 19.9 Å². The van der Waals surface area contributed by atoms with E-state index in [1.54, 1.807) is 14.2 Å². The Morgan fingerprint density at radius 2 is 1.00 bits per heavy atom. The highest BCUT2D eigenvalue weighted by molar-refractivity contribution is 5.82. The first kappa shape index (κ1) is 26.2. The highest BCUT2D eigenvalue weighted by atomic mass is 16.5. The van der Waals surface area contributed by atoms with Gasteiger partial charge in [0.25, 0.3) is 0 Å². The summed E-state index contributed by atoms with van der Waals surface area (Å²) in [6, 6.07) is 7.80. The minimum absolute atomic E-state index is 0.0172. The molecule has 0 unspecified atom stereocenters. The average molecular weight is 490 g/mol. The minimum Gasteiger partial charge on any atom is -0.382 e. The second-order valence-electron chi connectivity index (χ2n) is 7.10. The van der Waals surface area contributed by atoms with Gasteiger partial charge in [-0.15, -0.1) is 0 Å². The molecule has 3 heterocycles. The molecule has 2 aromatic heterocycles. The molecule has 0 saturated carbocycles. The number of ether oxygens (including phenoxy) is 4. The third-order valence-electron chi connectivity index (χ3n) is 4.96. The van der Waals surface area contributed by atoms with E-state index in [-0.39, 0.29) is 72.0 Å². The van der Waals surface area contributed by atoms with Crippen molar-refractivity contribution in [1.29, 1.82) is 21.0 Å². The van der Waals surface area contributed by atoms with Gasteiger partial charge in [0.15, 0.2) is 34.4 Å². The summed E-state index contributed by atoms with van der Waals surface area (Å²) in [4.78, 5) is 20.3. The van der Waals surface area contributed by atoms with Gasteiger partial charge in [0, 0.05) is 27.3 Å². The van der Waals surface area contributed by atoms with E-state index >= 15 is 0 Å². The van der Waals surface area contributed by atoms with Crippen molar-refractivity contribution in [1.82, 2.24) is 19.9 Å². The van der Waals surface area contributed by atoms with Crippen LogP contribution in [0, 0.1) is 45.3 Å². The van der Waals surface area contributed by atoms with E-state index in [4.69, 9.17) is 18.9 Å². The number of anilines is 2. The zero-order valence-corrected chi connectivity index (χ0v) is 19.8. The Morgan fingerprint density at radius 1 is 0.583 bits per heavy atom. The topological polar surface area (TPSA) is 190 Å². The molecule has 0 aliphatic carbocycles. The maximum atomic E-state index is 9.96. The van der Waals surface area contributed by atoms with E-state index in [2.05, 4.69) is 32.1 Å². The van der Waals surface area contributed by atoms with Crippen molar-refractivity contribution >= 4 is 22.9 Å². The van der Waals surface area contributed by atoms with Crippen molar-refractivity contribution < 1.29 is 18.9 Å². The fraction of sp³-hybridized carbons (Fsp3) is 0.455. The number of fused-ring (bicyclic) bond motifs is 2. The van der Waals surface area contributed by atoms with Crippen LogP contribution >= 0.6 is 0 Å². The van der Waals surface area contributed by atoms with Crippen molar-refractivity contribution in [3.63, 3.8) is 0 Å². The molecule has 14 nitrogen and oxygen atoms in total. The highest BCUT2D eigenvalue weighted by Crippen LogP contribution is 2.37. The lowest BCUT2D eigenvalue weighted by molar-refractivity contribution is 0.0739. The molecule has 0 bridgehead atoms. The molecule has 1 aliphatic rings. The standard InChI is InChI=1S/C22H22N10O4/c1-33-7-9-35-5-3-31-17(13-25)18(14-26)32(4-6-36-10-8-34-2)22-21(31)29-19-20(30-22)28-16(12-24)15(11-23)27-19/h3-10H2,1-2H3. The Morgan fingerprint density at radius 3 is 1.33 bits per heavy atom. The van der Waals surface area contributed by atoms with Gasteiger partial charge < -0.3 is 28.7 Å². The number of methoxy groups -OCH3 is 2. The molecule has 0 saturated heterocycles. The van der Waals surface area contributed by atoms with Crippen LogP contribution in [0.4, 0.5) is 11.6 Å². The van der Waals surface area contributed by atoms with Crippen molar-refractivity contribution in [2.45, 2.75) is 0 Å². The van der Waals surface area contributed by atoms with E-state index in [9.17, 15) is 21.0 Å². The van der Waals surface area contributed by atoms with Crippen molar-refractivity contribution in [2.24, 2.45) is 0 Å². The fourth-order valence-corrected chi connectivity index (χ4v) is 3.32. The molecule has 3 rings (SSSR count). The van der Waals surface area contributed by atoms with Crippen molar-refractivity contribution in [3.05, 3.63) is 22.8 Å². The van der Waals surface area contributed by atoms with Gasteiger partial charge >= 0.3 is 0 Å². The van der Waals surface area contributed by atoms with Crippen LogP contribution in [-0.4, -0.2) is 86.9 Å². The van der Waals surface area contributed by atoms with E-state index in [1.807, 2.05) is 12.1 Å². The van der Waals surface area contributed by atoms with Crippen LogP contribution in [0.15, 0.2) is 11.4 Å². The summed E-state index contributed by atoms with van der Waals surface area (Å²) in [6.45, 7) is 2.25. The van der Waals surface area contributed by atoms with Gasteiger partial charge in [0.1, 0.15) is 24.3 Å². The van der Waals surface area contributed by atoms with Gasteiger partial charge in [-0.3, -0.25) is 0 Å². The first-order valence-electron chi connectivity index (χ1n) is 10.8. The zero-order valence-electron chi connectivity index (χ0n) is 19.8. The Hall–Kier alpha value is -4.44. The summed E-state index contributed by atoms with van der Waals surface area (Å²) in [7, 11) is 3.12. The highest BCUT2D eigenvalue weighted by Gasteiger charge is 2.34. The lowest BCUT2D eigenvalue weighted by Gasteiger charge is -2.35. The minimum atomic E-state index is -0.193. The zero-order chi connectivity index (χ0) is 25.9. The van der Waals surface area contributed by atoms with Crippen LogP contribution < -0.4 is 9.80 Å². The second-order valence-corrected chi connectivity index (χ2v) is 7.10. The normalized spacial score (nSPS) is 12.6. The number of allylic oxidation sites excluding steroid dienone is 2. The lowest BCUT2D eigenvalue weighted by atomic mass is 10.2. The van der Waals surface area contributed by atoms with Crippen molar-refractivity contribution in [2.75, 3.05) is 76.8 Å². The summed E-state index contributed by atoms with van der Waals surface area (Å²) in [5.74, 6) is 0.460. The van der Waals surface area contributed by atoms with Gasteiger partial charge in [0.05, 0.1) is 39.6 Å². The van der Waals surface area contributed by atoms with Crippen LogP contribution in [0.5, 0.6) is 0 Å². The van der Waals surface area contributed by atoms with Crippen molar-refractivity contribution in [3.8, 4) is 24.3 Å². The van der Waals surface area contributed by atoms with Crippen LogP contribution in [-0.2, 0) is 18.9 Å². The van der Waals surface area contributed by atoms with E-state index in [1.165, 1.54) is 9.80 Å². The van der Waals surface area contributed by atoms with Gasteiger partial charge in [-0.2, -0.15) is 21.0 Å². The van der Waals surface area contributed by atoms with Crippen LogP contribution in [0.2, 0.25) is 0 Å². The molecular formula is C22H22N10O4. The predicted octanol–water partition coefficient (Wildman–Crippen LogP) is 0.374. The number of hydrogen-bond acceptors (Lipinski definition) is 14. The molecule has 184 valence electrons. The molecule has 0 fully saturated rings. The summed E-state index contributed by atoms with van der Waals surface area (Å²) in [6.07, 6.45) is 0. The first-order valence-corrected chi connectivity index (χ1v) is 10.8. The number of rotatable bonds is 12. The van der Waals surface area contributed by atoms with Crippen LogP contribution in [0.3, 0.4) is 0 Å². The largest absolute Gasteiger partial charge is 0.382 e. The predicted molar refractivity (Wildman–Crippen MR) is 123 cm³/mol. The maximum absolute atomic E-state index is 9.96. The summed E-state index contributed by atoms with van der Waals surface area (Å²) >= 11 is 0. The van der Waals surface area contributed by atoms with Crippen LogP contribution in [0.25, 0.3) is 11.3 Å². The summed E-state index contributed by atoms with van der Waals surface area (Å²) in [5.41, 5.74) is -0.253. The number of nitriles is 4. The molecule has 0 N–H and O–H groups in total. The Labute approximate surface area is 207 Å². The Balaban J connectivity index is 2.09. The van der Waals surface area contributed by atoms with Gasteiger partial charge in [-0.05, 0) is 0 Å². The third kappa shape index (κ3) is 5.61. The number of nitrogens with zero attached hydrogens (tertiary/aromatic N) is 10. The molecule has 14 heteroatoms. The lowest BCUT2D eigenvalue weighted by Crippen LogP contribution is -2.40. The Kier molecular flexibility index (Phi) is 9.35. The average Bonchev–Trinajstić information content (AvgIpc) is 2.91. The molecular weight excluding hydrogens is 468 g/mol. The summed E-state index contributed by atoms with van der Waals surface area (Å²) < 4.78 is 21.1. The monoisotopic (exact) mass is 490 g/mol. The molecule has 2 aromatic rings. The maximum Gasteiger partial charge on any atom is 0.201 e. The Bertz CT molecular complexity index is 1200. The first-order chi connectivity index (χ1) is 17.6. The molecule has 0 amide bonds. The van der Waals surface area contributed by atoms with Gasteiger partial charge in [-0.1, -0.05) is 0 Å². The van der Waals surface area contributed by atoms with Gasteiger partial charge in [0.2, 0.25) is 11.3 Å². The number of hydrogen-bond donors (Lipinski definition) is 0. The smallest absolute Gasteiger partial charge is 0.201 e. The van der Waals surface area contributed by atoms with E-state index in [0.717, 1.165) is 0 Å². The molecule has 0 radical (unpaired) electrons. The molecule has 0 aromatic carbocycles. The SMILES string of the molecule is COCCOCCN1C(C#N)=C(C#N)N(CCOCCOC)c2nc3nc(C#N)c(C#N)nc3nc21. The summed E-state index contributed by atoms with van der Waals surface area (Å²) in [5, 5.41) is 38.6.